The fourth-order valence-corrected chi connectivity index (χ4v) is 5.34. The minimum Gasteiger partial charge on any atom is -0.379 e. The lowest BCUT2D eigenvalue weighted by Gasteiger charge is -2.31. The van der Waals surface area contributed by atoms with E-state index in [-0.39, 0.29) is 5.91 Å². The van der Waals surface area contributed by atoms with E-state index in [1.165, 1.54) is 9.87 Å². The molecule has 0 bridgehead atoms. The summed E-state index contributed by atoms with van der Waals surface area (Å²) in [5, 5.41) is 2.94. The van der Waals surface area contributed by atoms with E-state index in [0.29, 0.717) is 18.7 Å². The molecule has 33 heavy (non-hydrogen) atoms. The molecule has 0 radical (unpaired) electrons. The Balaban J connectivity index is 1.68. The first-order chi connectivity index (χ1) is 15.7. The Morgan fingerprint density at radius 1 is 1.09 bits per heavy atom. The second kappa shape index (κ2) is 11.1. The molecule has 0 unspecified atom stereocenters. The maximum absolute atomic E-state index is 13.1. The Labute approximate surface area is 197 Å². The van der Waals surface area contributed by atoms with Gasteiger partial charge >= 0.3 is 0 Å². The van der Waals surface area contributed by atoms with Crippen LogP contribution in [-0.2, 0) is 32.6 Å². The zero-order valence-electron chi connectivity index (χ0n) is 20.0. The molecule has 3 rings (SSSR count). The number of nitrogens with zero attached hydrogens (tertiary/aromatic N) is 2. The highest BCUT2D eigenvalue weighted by Crippen LogP contribution is 2.27. The van der Waals surface area contributed by atoms with E-state index in [1.807, 2.05) is 51.1 Å². The summed E-state index contributed by atoms with van der Waals surface area (Å²) < 4.78 is 32.1. The van der Waals surface area contributed by atoms with E-state index in [0.717, 1.165) is 55.8 Å². The Morgan fingerprint density at radius 3 is 2.33 bits per heavy atom. The Hall–Kier alpha value is -2.42. The highest BCUT2D eigenvalue weighted by molar-refractivity contribution is 7.92. The van der Waals surface area contributed by atoms with Gasteiger partial charge in [-0.25, -0.2) is 8.42 Å². The van der Waals surface area contributed by atoms with Crippen molar-refractivity contribution in [3.05, 3.63) is 64.7 Å². The summed E-state index contributed by atoms with van der Waals surface area (Å²) in [6.45, 7) is 10.2. The number of hydrogen-bond acceptors (Lipinski definition) is 5. The van der Waals surface area contributed by atoms with Gasteiger partial charge in [0.25, 0.3) is 0 Å². The van der Waals surface area contributed by atoms with E-state index in [2.05, 4.69) is 22.3 Å². The van der Waals surface area contributed by atoms with Gasteiger partial charge in [-0.1, -0.05) is 43.3 Å². The SMILES string of the molecule is CC[C@@H](C(=O)NCc1ccc(CN2CCOCC2)cc1)N(c1cc(C)ccc1C)S(C)(=O)=O. The molecule has 1 saturated heterocycles. The fraction of sp³-hybridized carbons (Fsp3) is 0.480. The van der Waals surface area contributed by atoms with E-state index >= 15 is 0 Å². The minimum absolute atomic E-state index is 0.304. The van der Waals surface area contributed by atoms with Crippen molar-refractivity contribution in [2.45, 2.75) is 46.3 Å². The van der Waals surface area contributed by atoms with Gasteiger partial charge in [0.1, 0.15) is 6.04 Å². The maximum atomic E-state index is 13.1. The van der Waals surface area contributed by atoms with E-state index in [1.54, 1.807) is 0 Å². The lowest BCUT2D eigenvalue weighted by Crippen LogP contribution is -2.49. The van der Waals surface area contributed by atoms with E-state index in [9.17, 15) is 13.2 Å². The molecule has 1 aliphatic rings. The molecule has 180 valence electrons. The maximum Gasteiger partial charge on any atom is 0.244 e. The van der Waals surface area contributed by atoms with Crippen molar-refractivity contribution in [3.63, 3.8) is 0 Å². The summed E-state index contributed by atoms with van der Waals surface area (Å²) in [5.74, 6) is -0.304. The number of sulfonamides is 1. The number of morpholine rings is 1. The molecule has 8 heteroatoms. The highest BCUT2D eigenvalue weighted by atomic mass is 32.2. The number of nitrogens with one attached hydrogen (secondary N) is 1. The summed E-state index contributed by atoms with van der Waals surface area (Å²) in [4.78, 5) is 15.5. The standard InChI is InChI=1S/C25H35N3O4S/c1-5-23(28(33(4,30)31)24-16-19(2)6-7-20(24)3)25(29)26-17-21-8-10-22(11-9-21)18-27-12-14-32-15-13-27/h6-11,16,23H,5,12-15,17-18H2,1-4H3,(H,26,29)/t23-/m0/s1. The molecule has 1 fully saturated rings. The number of ether oxygens (including phenoxy) is 1. The van der Waals surface area contributed by atoms with Crippen LogP contribution in [0.5, 0.6) is 0 Å². The summed E-state index contributed by atoms with van der Waals surface area (Å²) in [6.07, 6.45) is 1.52. The average Bonchev–Trinajstić information content (AvgIpc) is 2.78. The van der Waals surface area contributed by atoms with Crippen molar-refractivity contribution in [1.29, 1.82) is 0 Å². The van der Waals surface area contributed by atoms with Crippen LogP contribution in [0.2, 0.25) is 0 Å². The molecule has 2 aromatic carbocycles. The summed E-state index contributed by atoms with van der Waals surface area (Å²) in [7, 11) is -3.66. The van der Waals surface area contributed by atoms with Crippen molar-refractivity contribution in [2.75, 3.05) is 36.9 Å². The van der Waals surface area contributed by atoms with Crippen molar-refractivity contribution in [3.8, 4) is 0 Å². The Bertz CT molecular complexity index is 1050. The largest absolute Gasteiger partial charge is 0.379 e. The van der Waals surface area contributed by atoms with Crippen LogP contribution in [-0.4, -0.2) is 57.8 Å². The number of carbonyl (C=O) groups excluding carboxylic acids is 1. The number of benzene rings is 2. The van der Waals surface area contributed by atoms with Crippen molar-refractivity contribution < 1.29 is 17.9 Å². The first-order valence-electron chi connectivity index (χ1n) is 11.4. The summed E-state index contributed by atoms with van der Waals surface area (Å²) in [6, 6.07) is 13.0. The highest BCUT2D eigenvalue weighted by Gasteiger charge is 2.32. The third-order valence-corrected chi connectivity index (χ3v) is 7.10. The van der Waals surface area contributed by atoms with Crippen molar-refractivity contribution in [1.82, 2.24) is 10.2 Å². The lowest BCUT2D eigenvalue weighted by molar-refractivity contribution is -0.122. The lowest BCUT2D eigenvalue weighted by atomic mass is 10.1. The zero-order chi connectivity index (χ0) is 24.0. The molecule has 1 amide bonds. The molecule has 1 heterocycles. The molecule has 1 aliphatic heterocycles. The second-order valence-electron chi connectivity index (χ2n) is 8.70. The van der Waals surface area contributed by atoms with Gasteiger partial charge in [-0.2, -0.15) is 0 Å². The van der Waals surface area contributed by atoms with Crippen LogP contribution in [0.15, 0.2) is 42.5 Å². The second-order valence-corrected chi connectivity index (χ2v) is 10.6. The van der Waals surface area contributed by atoms with Gasteiger partial charge in [0.05, 0.1) is 25.2 Å². The topological polar surface area (TPSA) is 79.0 Å². The number of rotatable bonds is 9. The molecule has 0 spiro atoms. The van der Waals surface area contributed by atoms with Gasteiger partial charge in [-0.3, -0.25) is 14.0 Å². The molecule has 1 atom stereocenters. The third-order valence-electron chi connectivity index (χ3n) is 5.93. The fourth-order valence-electron chi connectivity index (χ4n) is 4.08. The van der Waals surface area contributed by atoms with E-state index in [4.69, 9.17) is 4.74 Å². The minimum atomic E-state index is -3.66. The third kappa shape index (κ3) is 6.79. The number of carbonyl (C=O) groups is 1. The van der Waals surface area contributed by atoms with Gasteiger partial charge in [-0.15, -0.1) is 0 Å². The normalized spacial score (nSPS) is 15.8. The van der Waals surface area contributed by atoms with Crippen LogP contribution < -0.4 is 9.62 Å². The van der Waals surface area contributed by atoms with Crippen LogP contribution in [0.25, 0.3) is 0 Å². The Kier molecular flexibility index (Phi) is 8.51. The summed E-state index contributed by atoms with van der Waals surface area (Å²) >= 11 is 0. The molecular formula is C25H35N3O4S. The number of anilines is 1. The predicted molar refractivity (Wildman–Crippen MR) is 132 cm³/mol. The van der Waals surface area contributed by atoms with Gasteiger partial charge in [0.15, 0.2) is 0 Å². The zero-order valence-corrected chi connectivity index (χ0v) is 20.8. The average molecular weight is 474 g/mol. The molecule has 0 aliphatic carbocycles. The molecule has 2 aromatic rings. The van der Waals surface area contributed by atoms with Crippen molar-refractivity contribution >= 4 is 21.6 Å². The molecule has 7 nitrogen and oxygen atoms in total. The van der Waals surface area contributed by atoms with Crippen LogP contribution >= 0.6 is 0 Å². The predicted octanol–water partition coefficient (Wildman–Crippen LogP) is 3.00. The van der Waals surface area contributed by atoms with Gasteiger partial charge < -0.3 is 10.1 Å². The molecule has 1 N–H and O–H groups in total. The first-order valence-corrected chi connectivity index (χ1v) is 13.3. The molecular weight excluding hydrogens is 438 g/mol. The molecule has 0 aromatic heterocycles. The van der Waals surface area contributed by atoms with Crippen LogP contribution in [0.1, 0.15) is 35.6 Å². The van der Waals surface area contributed by atoms with Crippen LogP contribution in [0.3, 0.4) is 0 Å². The van der Waals surface area contributed by atoms with Crippen LogP contribution in [0, 0.1) is 13.8 Å². The van der Waals surface area contributed by atoms with Gasteiger partial charge in [-0.05, 0) is 48.6 Å². The Morgan fingerprint density at radius 2 is 1.73 bits per heavy atom. The smallest absolute Gasteiger partial charge is 0.244 e. The van der Waals surface area contributed by atoms with Gasteiger partial charge in [0, 0.05) is 26.2 Å². The summed E-state index contributed by atoms with van der Waals surface area (Å²) in [5.41, 5.74) is 4.50. The monoisotopic (exact) mass is 473 g/mol. The number of aryl methyl sites for hydroxylation is 2. The first kappa shape index (κ1) is 25.2. The quantitative estimate of drug-likeness (QED) is 0.606. The number of hydrogen-bond donors (Lipinski definition) is 1. The van der Waals surface area contributed by atoms with Crippen molar-refractivity contribution in [2.24, 2.45) is 0 Å². The van der Waals surface area contributed by atoms with Gasteiger partial charge in [0.2, 0.25) is 15.9 Å². The van der Waals surface area contributed by atoms with E-state index < -0.39 is 16.1 Å². The number of amides is 1. The van der Waals surface area contributed by atoms with Crippen LogP contribution in [0.4, 0.5) is 5.69 Å². The molecule has 0 saturated carbocycles.